The summed E-state index contributed by atoms with van der Waals surface area (Å²) in [6.07, 6.45) is -0.795. The summed E-state index contributed by atoms with van der Waals surface area (Å²) >= 11 is 0. The van der Waals surface area contributed by atoms with Crippen molar-refractivity contribution in [2.45, 2.75) is 6.42 Å². The Bertz CT molecular complexity index is 454. The molecular weight excluding hydrogens is 277 g/mol. The molecular formula is C10H13NO7P+. The average Bonchev–Trinajstić information content (AvgIpc) is 2.27. The molecule has 0 saturated carbocycles. The van der Waals surface area contributed by atoms with Gasteiger partial charge in [-0.1, -0.05) is 0 Å². The monoisotopic (exact) mass is 290 g/mol. The molecule has 19 heavy (non-hydrogen) atoms. The van der Waals surface area contributed by atoms with Crippen molar-refractivity contribution in [3.05, 3.63) is 34.4 Å². The maximum Gasteiger partial charge on any atom is 0.411 e. The molecule has 0 fully saturated rings. The number of carbonyl (C=O) groups excluding carboxylic acids is 1. The van der Waals surface area contributed by atoms with Crippen LogP contribution in [0, 0.1) is 10.1 Å². The molecule has 0 spiro atoms. The summed E-state index contributed by atoms with van der Waals surface area (Å²) in [5.41, 5.74) is -0.0705. The van der Waals surface area contributed by atoms with E-state index in [4.69, 9.17) is 19.4 Å². The predicted octanol–water partition coefficient (Wildman–Crippen LogP) is 0.672. The van der Waals surface area contributed by atoms with E-state index in [1.807, 2.05) is 0 Å². The lowest BCUT2D eigenvalue weighted by Crippen LogP contribution is -2.12. The van der Waals surface area contributed by atoms with Crippen LogP contribution >= 0.6 is 7.94 Å². The van der Waals surface area contributed by atoms with Gasteiger partial charge in [0.25, 0.3) is 5.69 Å². The number of Topliss-reactive ketones (excluding diaryl/α,β-unsaturated/α-hetero) is 1. The fraction of sp³-hybridized carbons (Fsp3) is 0.300. The molecule has 0 bridgehead atoms. The zero-order valence-corrected chi connectivity index (χ0v) is 10.7. The zero-order valence-electron chi connectivity index (χ0n) is 9.80. The number of ether oxygens (including phenoxy) is 1. The van der Waals surface area contributed by atoms with E-state index >= 15 is 0 Å². The van der Waals surface area contributed by atoms with Gasteiger partial charge in [0.2, 0.25) is 0 Å². The number of nitro benzene ring substituents is 1. The molecule has 0 aliphatic heterocycles. The maximum atomic E-state index is 11.2. The lowest BCUT2D eigenvalue weighted by Gasteiger charge is -2.06. The highest BCUT2D eigenvalue weighted by Gasteiger charge is 2.33. The third-order valence-electron chi connectivity index (χ3n) is 2.09. The molecule has 0 atom stereocenters. The summed E-state index contributed by atoms with van der Waals surface area (Å²) in [6.45, 7) is -0.0172. The second-order valence-corrected chi connectivity index (χ2v) is 5.44. The summed E-state index contributed by atoms with van der Waals surface area (Å²) < 4.78 is 5.15. The van der Waals surface area contributed by atoms with Gasteiger partial charge in [0, 0.05) is 18.6 Å². The van der Waals surface area contributed by atoms with Gasteiger partial charge in [0.05, 0.1) is 11.5 Å². The normalized spacial score (nSPS) is 11.1. The van der Waals surface area contributed by atoms with Crippen molar-refractivity contribution < 1.29 is 29.1 Å². The molecule has 0 aliphatic carbocycles. The first-order chi connectivity index (χ1) is 8.78. The highest BCUT2D eigenvalue weighted by atomic mass is 31.2. The van der Waals surface area contributed by atoms with E-state index in [0.29, 0.717) is 5.75 Å². The molecule has 3 N–H and O–H groups in total. The summed E-state index contributed by atoms with van der Waals surface area (Å²) in [4.78, 5) is 47.1. The van der Waals surface area contributed by atoms with Gasteiger partial charge in [0.1, 0.15) is 5.75 Å². The molecule has 1 rings (SSSR count). The Morgan fingerprint density at radius 2 is 1.84 bits per heavy atom. The average molecular weight is 290 g/mol. The van der Waals surface area contributed by atoms with Crippen LogP contribution in [-0.4, -0.2) is 38.2 Å². The third kappa shape index (κ3) is 6.21. The summed E-state index contributed by atoms with van der Waals surface area (Å²) in [5.74, 6) is -0.181. The van der Waals surface area contributed by atoms with Crippen molar-refractivity contribution in [3.63, 3.8) is 0 Å². The molecule has 1 aromatic rings. The van der Waals surface area contributed by atoms with E-state index in [9.17, 15) is 14.9 Å². The van der Waals surface area contributed by atoms with Crippen LogP contribution in [0.5, 0.6) is 5.75 Å². The lowest BCUT2D eigenvalue weighted by molar-refractivity contribution is -0.384. The predicted molar refractivity (Wildman–Crippen MR) is 66.7 cm³/mol. The maximum absolute atomic E-state index is 11.2. The van der Waals surface area contributed by atoms with Gasteiger partial charge in [-0.2, -0.15) is 14.7 Å². The van der Waals surface area contributed by atoms with Crippen LogP contribution in [0.1, 0.15) is 6.42 Å². The third-order valence-corrected chi connectivity index (χ3v) is 2.86. The highest BCUT2D eigenvalue weighted by Crippen LogP contribution is 2.44. The molecule has 0 amide bonds. The topological polar surface area (TPSA) is 130 Å². The molecule has 0 radical (unpaired) electrons. The number of hydrogen-bond acceptors (Lipinski definition) is 7. The van der Waals surface area contributed by atoms with Crippen molar-refractivity contribution in [3.8, 4) is 5.75 Å². The van der Waals surface area contributed by atoms with Crippen LogP contribution in [0.4, 0.5) is 5.69 Å². The van der Waals surface area contributed by atoms with Crippen molar-refractivity contribution in [2.24, 2.45) is 0 Å². The van der Waals surface area contributed by atoms with E-state index in [2.05, 4.69) is 0 Å². The van der Waals surface area contributed by atoms with Gasteiger partial charge in [-0.05, 0) is 12.1 Å². The molecule has 104 valence electrons. The van der Waals surface area contributed by atoms with Crippen molar-refractivity contribution in [1.29, 1.82) is 0 Å². The molecule has 8 nitrogen and oxygen atoms in total. The second kappa shape index (κ2) is 6.53. The fourth-order valence-electron chi connectivity index (χ4n) is 1.26. The first-order valence-corrected chi connectivity index (χ1v) is 7.06. The van der Waals surface area contributed by atoms with Crippen molar-refractivity contribution in [2.75, 3.05) is 12.8 Å². The SMILES string of the molecule is O=C(CCOc1ccc([N+](=O)[O-])cc1)C[P+](O)(O)O. The van der Waals surface area contributed by atoms with E-state index in [1.165, 1.54) is 24.3 Å². The van der Waals surface area contributed by atoms with Gasteiger partial charge >= 0.3 is 7.94 Å². The van der Waals surface area contributed by atoms with Gasteiger partial charge in [-0.25, -0.2) is 0 Å². The zero-order chi connectivity index (χ0) is 14.5. The quantitative estimate of drug-likeness (QED) is 0.382. The first-order valence-electron chi connectivity index (χ1n) is 5.23. The Balaban J connectivity index is 2.37. The number of ketones is 1. The number of nitrogens with zero attached hydrogens (tertiary/aromatic N) is 1. The van der Waals surface area contributed by atoms with E-state index in [0.717, 1.165) is 0 Å². The molecule has 1 aromatic carbocycles. The number of hydrogen-bond donors (Lipinski definition) is 3. The lowest BCUT2D eigenvalue weighted by atomic mass is 10.3. The van der Waals surface area contributed by atoms with Gasteiger partial charge in [0.15, 0.2) is 11.9 Å². The number of non-ortho nitro benzene ring substituents is 1. The highest BCUT2D eigenvalue weighted by molar-refractivity contribution is 7.59. The fourth-order valence-corrected chi connectivity index (χ4v) is 1.89. The summed E-state index contributed by atoms with van der Waals surface area (Å²) in [7, 11) is -4.08. The van der Waals surface area contributed by atoms with Crippen molar-refractivity contribution in [1.82, 2.24) is 0 Å². The van der Waals surface area contributed by atoms with Gasteiger partial charge in [-0.15, -0.1) is 0 Å². The van der Waals surface area contributed by atoms with E-state index < -0.39 is 24.8 Å². The Kier molecular flexibility index (Phi) is 5.31. The van der Waals surface area contributed by atoms with Crippen LogP contribution in [0.25, 0.3) is 0 Å². The summed E-state index contributed by atoms with van der Waals surface area (Å²) in [5, 5.41) is 10.4. The number of benzene rings is 1. The van der Waals surface area contributed by atoms with Crippen molar-refractivity contribution >= 4 is 19.4 Å². The van der Waals surface area contributed by atoms with E-state index in [1.54, 1.807) is 0 Å². The van der Waals surface area contributed by atoms with Crippen LogP contribution in [0.3, 0.4) is 0 Å². The molecule has 0 unspecified atom stereocenters. The van der Waals surface area contributed by atoms with E-state index in [-0.39, 0.29) is 18.7 Å². The largest absolute Gasteiger partial charge is 0.493 e. The second-order valence-electron chi connectivity index (χ2n) is 3.74. The number of rotatable bonds is 7. The molecule has 0 heterocycles. The Morgan fingerprint density at radius 3 is 2.32 bits per heavy atom. The Labute approximate surface area is 109 Å². The molecule has 0 aromatic heterocycles. The minimum atomic E-state index is -4.08. The van der Waals surface area contributed by atoms with Crippen LogP contribution in [0.15, 0.2) is 24.3 Å². The minimum absolute atomic E-state index is 0.0172. The van der Waals surface area contributed by atoms with Gasteiger partial charge in [-0.3, -0.25) is 14.9 Å². The minimum Gasteiger partial charge on any atom is -0.493 e. The smallest absolute Gasteiger partial charge is 0.411 e. The van der Waals surface area contributed by atoms with Crippen LogP contribution in [-0.2, 0) is 4.79 Å². The molecule has 9 heteroatoms. The van der Waals surface area contributed by atoms with Gasteiger partial charge < -0.3 is 4.74 Å². The standard InChI is InChI=1S/C10H13NO7P/c12-9(7-19(15,16)17)5-6-18-10-3-1-8(2-4-10)11(13)14/h1-4,15-17H,5-7H2/q+1. The van der Waals surface area contributed by atoms with Crippen LogP contribution < -0.4 is 4.74 Å². The molecule has 0 aliphatic rings. The number of carbonyl (C=O) groups is 1. The Hall–Kier alpha value is -1.60. The summed E-state index contributed by atoms with van der Waals surface area (Å²) in [6, 6.07) is 5.32. The first kappa shape index (κ1) is 15.5. The van der Waals surface area contributed by atoms with Crippen LogP contribution in [0.2, 0.25) is 0 Å². The molecule has 0 saturated heterocycles. The Morgan fingerprint density at radius 1 is 1.26 bits per heavy atom. The number of nitro groups is 1.